The Kier molecular flexibility index (Phi) is 2.11. The summed E-state index contributed by atoms with van der Waals surface area (Å²) in [6.07, 6.45) is 1.49. The summed E-state index contributed by atoms with van der Waals surface area (Å²) >= 11 is 0. The lowest BCUT2D eigenvalue weighted by Crippen LogP contribution is -1.99. The van der Waals surface area contributed by atoms with Crippen LogP contribution in [0.1, 0.15) is 4.11 Å². The SMILES string of the molecule is [2H]C([2H])([2H])Nc1c(OC)cccc1S(C)=O. The third kappa shape index (κ3) is 2.01. The van der Waals surface area contributed by atoms with Gasteiger partial charge in [-0.15, -0.1) is 0 Å². The molecule has 0 saturated carbocycles. The van der Waals surface area contributed by atoms with E-state index < -0.39 is 17.8 Å². The van der Waals surface area contributed by atoms with E-state index in [2.05, 4.69) is 5.32 Å². The number of methoxy groups -OCH3 is 1. The van der Waals surface area contributed by atoms with E-state index in [0.29, 0.717) is 10.6 Å². The van der Waals surface area contributed by atoms with Crippen LogP contribution in [0.4, 0.5) is 5.69 Å². The van der Waals surface area contributed by atoms with E-state index in [1.165, 1.54) is 13.4 Å². The van der Waals surface area contributed by atoms with Gasteiger partial charge in [-0.05, 0) is 12.1 Å². The minimum atomic E-state index is -2.34. The molecule has 0 amide bonds. The number of ether oxygens (including phenoxy) is 1. The van der Waals surface area contributed by atoms with Crippen molar-refractivity contribution in [2.45, 2.75) is 4.90 Å². The van der Waals surface area contributed by atoms with E-state index in [9.17, 15) is 4.21 Å². The Morgan fingerprint density at radius 2 is 2.38 bits per heavy atom. The first-order valence-corrected chi connectivity index (χ1v) is 5.19. The lowest BCUT2D eigenvalue weighted by Gasteiger charge is -2.10. The van der Waals surface area contributed by atoms with Crippen molar-refractivity contribution in [3.63, 3.8) is 0 Å². The van der Waals surface area contributed by atoms with Gasteiger partial charge in [0, 0.05) is 17.3 Å². The number of rotatable bonds is 3. The van der Waals surface area contributed by atoms with E-state index >= 15 is 0 Å². The molecule has 0 aromatic heterocycles. The third-order valence-corrected chi connectivity index (χ3v) is 2.60. The lowest BCUT2D eigenvalue weighted by atomic mass is 10.3. The highest BCUT2D eigenvalue weighted by atomic mass is 32.2. The average Bonchev–Trinajstić information content (AvgIpc) is 2.15. The Morgan fingerprint density at radius 1 is 1.62 bits per heavy atom. The van der Waals surface area contributed by atoms with Crippen molar-refractivity contribution >= 4 is 16.5 Å². The summed E-state index contributed by atoms with van der Waals surface area (Å²) in [7, 11) is 0.153. The van der Waals surface area contributed by atoms with Crippen molar-refractivity contribution in [3.05, 3.63) is 18.2 Å². The first kappa shape index (κ1) is 6.43. The van der Waals surface area contributed by atoms with Crippen LogP contribution in [-0.2, 0) is 10.8 Å². The molecule has 1 aromatic rings. The molecule has 0 saturated heterocycles. The van der Waals surface area contributed by atoms with Crippen LogP contribution in [0, 0.1) is 0 Å². The maximum atomic E-state index is 11.5. The van der Waals surface area contributed by atoms with E-state index in [1.54, 1.807) is 18.2 Å². The predicted octanol–water partition coefficient (Wildman–Crippen LogP) is 1.47. The van der Waals surface area contributed by atoms with Crippen LogP contribution in [0.3, 0.4) is 0 Å². The molecule has 0 bridgehead atoms. The van der Waals surface area contributed by atoms with Crippen molar-refractivity contribution in [3.8, 4) is 5.75 Å². The molecular formula is C9H13NO2S. The van der Waals surface area contributed by atoms with Gasteiger partial charge < -0.3 is 10.1 Å². The van der Waals surface area contributed by atoms with Gasteiger partial charge in [-0.25, -0.2) is 0 Å². The molecule has 0 fully saturated rings. The van der Waals surface area contributed by atoms with Gasteiger partial charge in [0.05, 0.1) is 28.5 Å². The van der Waals surface area contributed by atoms with E-state index in [1.807, 2.05) is 0 Å². The van der Waals surface area contributed by atoms with Crippen molar-refractivity contribution in [1.82, 2.24) is 0 Å². The molecule has 3 nitrogen and oxygen atoms in total. The Bertz CT molecular complexity index is 406. The van der Waals surface area contributed by atoms with Crippen LogP contribution < -0.4 is 10.1 Å². The zero-order valence-electron chi connectivity index (χ0n) is 10.5. The standard InChI is InChI=1S/C9H13NO2S/c1-10-9-7(12-2)5-4-6-8(9)13(3)11/h4-6,10H,1-3H3/i1D3. The Hall–Kier alpha value is -1.03. The van der Waals surface area contributed by atoms with E-state index in [-0.39, 0.29) is 5.69 Å². The molecule has 0 aliphatic carbocycles. The molecule has 1 rings (SSSR count). The Morgan fingerprint density at radius 3 is 2.92 bits per heavy atom. The normalized spacial score (nSPS) is 16.6. The largest absolute Gasteiger partial charge is 0.495 e. The molecule has 72 valence electrons. The molecular weight excluding hydrogens is 186 g/mol. The van der Waals surface area contributed by atoms with Crippen LogP contribution in [0.5, 0.6) is 5.75 Å². The topological polar surface area (TPSA) is 38.3 Å². The summed E-state index contributed by atoms with van der Waals surface area (Å²) in [5.74, 6) is 0.365. The van der Waals surface area contributed by atoms with Gasteiger partial charge >= 0.3 is 0 Å². The predicted molar refractivity (Wildman–Crippen MR) is 54.9 cm³/mol. The zero-order chi connectivity index (χ0) is 12.3. The summed E-state index contributed by atoms with van der Waals surface area (Å²) in [6, 6.07) is 4.89. The highest BCUT2D eigenvalue weighted by molar-refractivity contribution is 7.84. The molecule has 0 spiro atoms. The molecule has 0 heterocycles. The minimum absolute atomic E-state index is 0.255. The minimum Gasteiger partial charge on any atom is -0.495 e. The summed E-state index contributed by atoms with van der Waals surface area (Å²) < 4.78 is 37.9. The van der Waals surface area contributed by atoms with Gasteiger partial charge in [0.2, 0.25) is 0 Å². The third-order valence-electron chi connectivity index (χ3n) is 1.64. The fourth-order valence-corrected chi connectivity index (χ4v) is 1.75. The molecule has 0 aliphatic heterocycles. The van der Waals surface area contributed by atoms with Gasteiger partial charge in [0.25, 0.3) is 0 Å². The maximum Gasteiger partial charge on any atom is 0.143 e. The first-order valence-electron chi connectivity index (χ1n) is 5.14. The fourth-order valence-electron chi connectivity index (χ4n) is 1.04. The number of para-hydroxylation sites is 1. The van der Waals surface area contributed by atoms with E-state index in [0.717, 1.165) is 0 Å². The molecule has 13 heavy (non-hydrogen) atoms. The molecule has 1 N–H and O–H groups in total. The summed E-state index contributed by atoms with van der Waals surface area (Å²) in [6.45, 7) is -2.34. The number of benzene rings is 1. The van der Waals surface area contributed by atoms with Gasteiger partial charge in [0.15, 0.2) is 0 Å². The zero-order valence-corrected chi connectivity index (χ0v) is 8.27. The number of hydrogen-bond acceptors (Lipinski definition) is 3. The highest BCUT2D eigenvalue weighted by Crippen LogP contribution is 2.29. The maximum absolute atomic E-state index is 11.5. The summed E-state index contributed by atoms with van der Waals surface area (Å²) in [5, 5.41) is 2.33. The second-order valence-corrected chi connectivity index (χ2v) is 3.76. The average molecular weight is 202 g/mol. The molecule has 0 radical (unpaired) electrons. The van der Waals surface area contributed by atoms with Crippen molar-refractivity contribution in [2.75, 3.05) is 25.7 Å². The van der Waals surface area contributed by atoms with Crippen LogP contribution in [0.2, 0.25) is 0 Å². The van der Waals surface area contributed by atoms with Crippen LogP contribution in [0.15, 0.2) is 23.1 Å². The molecule has 4 heteroatoms. The highest BCUT2D eigenvalue weighted by Gasteiger charge is 2.09. The van der Waals surface area contributed by atoms with Gasteiger partial charge in [-0.1, -0.05) is 6.07 Å². The molecule has 1 atom stereocenters. The number of nitrogens with one attached hydrogen (secondary N) is 1. The Balaban J connectivity index is 3.25. The summed E-state index contributed by atoms with van der Waals surface area (Å²) in [5.41, 5.74) is 0.255. The van der Waals surface area contributed by atoms with Crippen molar-refractivity contribution in [2.24, 2.45) is 0 Å². The second kappa shape index (κ2) is 4.28. The summed E-state index contributed by atoms with van der Waals surface area (Å²) in [4.78, 5) is 0.412. The van der Waals surface area contributed by atoms with Crippen molar-refractivity contribution in [1.29, 1.82) is 0 Å². The second-order valence-electron chi connectivity index (χ2n) is 2.41. The van der Waals surface area contributed by atoms with Crippen LogP contribution >= 0.6 is 0 Å². The Labute approximate surface area is 84.8 Å². The van der Waals surface area contributed by atoms with Gasteiger partial charge in [0.1, 0.15) is 5.75 Å². The first-order chi connectivity index (χ1) is 7.35. The quantitative estimate of drug-likeness (QED) is 0.806. The van der Waals surface area contributed by atoms with E-state index in [4.69, 9.17) is 8.85 Å². The molecule has 0 aliphatic rings. The van der Waals surface area contributed by atoms with Gasteiger partial charge in [-0.3, -0.25) is 4.21 Å². The molecule has 1 aromatic carbocycles. The van der Waals surface area contributed by atoms with Gasteiger partial charge in [-0.2, -0.15) is 0 Å². The van der Waals surface area contributed by atoms with Crippen LogP contribution in [0.25, 0.3) is 0 Å². The van der Waals surface area contributed by atoms with Crippen LogP contribution in [-0.4, -0.2) is 24.6 Å². The fraction of sp³-hybridized carbons (Fsp3) is 0.333. The lowest BCUT2D eigenvalue weighted by molar-refractivity contribution is 0.415. The number of anilines is 1. The number of hydrogen-bond donors (Lipinski definition) is 1. The smallest absolute Gasteiger partial charge is 0.143 e. The van der Waals surface area contributed by atoms with Crippen molar-refractivity contribution < 1.29 is 13.1 Å². The molecule has 1 unspecified atom stereocenters. The monoisotopic (exact) mass is 202 g/mol.